The van der Waals surface area contributed by atoms with Crippen LogP contribution in [0.1, 0.15) is 156 Å². The third kappa shape index (κ3) is 19.6. The summed E-state index contributed by atoms with van der Waals surface area (Å²) < 4.78 is 15.8. The van der Waals surface area contributed by atoms with Crippen LogP contribution in [0.5, 0.6) is 0 Å². The first-order valence-electron chi connectivity index (χ1n) is 17.2. The van der Waals surface area contributed by atoms with Gasteiger partial charge in [-0.1, -0.05) is 135 Å². The first-order chi connectivity index (χ1) is 20.5. The molecule has 0 aromatic rings. The Morgan fingerprint density at radius 1 is 0.929 bits per heavy atom. The van der Waals surface area contributed by atoms with Crippen molar-refractivity contribution in [3.05, 3.63) is 23.3 Å². The SMILES string of the molecule is CCCCCCCCCCCCCCCC(=O)OC(CC)N(C)CC(=C\CC1=CC1)/C(=N/S)C(=N)OCCCCCC. The summed E-state index contributed by atoms with van der Waals surface area (Å²) in [6, 6.07) is 0. The average Bonchev–Trinajstić information content (AvgIpc) is 3.81. The van der Waals surface area contributed by atoms with E-state index in [0.29, 0.717) is 31.7 Å². The van der Waals surface area contributed by atoms with Crippen LogP contribution in [0.2, 0.25) is 0 Å². The number of hydrogen-bond donors (Lipinski definition) is 2. The van der Waals surface area contributed by atoms with Gasteiger partial charge in [0.15, 0.2) is 6.23 Å². The Bertz CT molecular complexity index is 824. The lowest BCUT2D eigenvalue weighted by molar-refractivity contribution is -0.158. The minimum Gasteiger partial charge on any atom is -0.477 e. The molecule has 0 spiro atoms. The summed E-state index contributed by atoms with van der Waals surface area (Å²) in [7, 11) is 1.96. The molecule has 0 bridgehead atoms. The molecular weight excluding hydrogens is 542 g/mol. The highest BCUT2D eigenvalue weighted by molar-refractivity contribution is 7.79. The van der Waals surface area contributed by atoms with E-state index in [1.807, 2.05) is 18.9 Å². The molecular formula is C35H63N3O3S. The molecule has 0 aromatic carbocycles. The first-order valence-corrected chi connectivity index (χ1v) is 17.6. The minimum atomic E-state index is -0.326. The van der Waals surface area contributed by atoms with Crippen molar-refractivity contribution in [2.45, 2.75) is 162 Å². The van der Waals surface area contributed by atoms with E-state index >= 15 is 0 Å². The lowest BCUT2D eigenvalue weighted by atomic mass is 10.0. The van der Waals surface area contributed by atoms with Crippen LogP contribution in [0.15, 0.2) is 27.7 Å². The molecule has 1 aliphatic carbocycles. The van der Waals surface area contributed by atoms with Crippen molar-refractivity contribution in [2.75, 3.05) is 20.2 Å². The van der Waals surface area contributed by atoms with Gasteiger partial charge >= 0.3 is 5.97 Å². The van der Waals surface area contributed by atoms with E-state index in [1.165, 1.54) is 89.0 Å². The van der Waals surface area contributed by atoms with Crippen molar-refractivity contribution in [3.8, 4) is 0 Å². The van der Waals surface area contributed by atoms with Gasteiger partial charge in [-0.05, 0) is 57.5 Å². The van der Waals surface area contributed by atoms with Gasteiger partial charge in [-0.25, -0.2) is 4.40 Å². The van der Waals surface area contributed by atoms with Gasteiger partial charge in [0.25, 0.3) is 0 Å². The maximum atomic E-state index is 12.7. The Morgan fingerprint density at radius 3 is 1.95 bits per heavy atom. The monoisotopic (exact) mass is 605 g/mol. The van der Waals surface area contributed by atoms with E-state index < -0.39 is 0 Å². The molecule has 1 aliphatic rings. The Balaban J connectivity index is 2.40. The Hall–Kier alpha value is -1.60. The van der Waals surface area contributed by atoms with Crippen molar-refractivity contribution in [1.29, 1.82) is 5.41 Å². The van der Waals surface area contributed by atoms with Crippen LogP contribution in [-0.4, -0.2) is 48.9 Å². The predicted octanol–water partition coefficient (Wildman–Crippen LogP) is 10.2. The smallest absolute Gasteiger partial charge is 0.307 e. The number of carbonyl (C=O) groups excluding carboxylic acids is 1. The maximum Gasteiger partial charge on any atom is 0.307 e. The van der Waals surface area contributed by atoms with Gasteiger partial charge in [0, 0.05) is 13.0 Å². The number of nitrogens with zero attached hydrogens (tertiary/aromatic N) is 2. The van der Waals surface area contributed by atoms with Gasteiger partial charge in [0.05, 0.1) is 6.61 Å². The molecule has 0 aliphatic heterocycles. The largest absolute Gasteiger partial charge is 0.477 e. The Morgan fingerprint density at radius 2 is 1.45 bits per heavy atom. The van der Waals surface area contributed by atoms with E-state index in [9.17, 15) is 4.79 Å². The normalized spacial score (nSPS) is 14.2. The number of likely N-dealkylation sites (N-methyl/N-ethyl adjacent to an activating group) is 1. The number of rotatable bonds is 28. The summed E-state index contributed by atoms with van der Waals surface area (Å²) in [5, 5.41) is 8.50. The highest BCUT2D eigenvalue weighted by Crippen LogP contribution is 2.24. The van der Waals surface area contributed by atoms with Gasteiger partial charge in [-0.2, -0.15) is 0 Å². The second kappa shape index (κ2) is 25.9. The van der Waals surface area contributed by atoms with Crippen LogP contribution < -0.4 is 0 Å². The van der Waals surface area contributed by atoms with Crippen LogP contribution in [0.3, 0.4) is 0 Å². The molecule has 0 radical (unpaired) electrons. The summed E-state index contributed by atoms with van der Waals surface area (Å²) in [6.07, 6.45) is 28.2. The summed E-state index contributed by atoms with van der Waals surface area (Å²) >= 11 is 4.19. The number of carbonyl (C=O) groups is 1. The van der Waals surface area contributed by atoms with E-state index in [1.54, 1.807) is 0 Å². The molecule has 0 aromatic heterocycles. The highest BCUT2D eigenvalue weighted by Gasteiger charge is 2.23. The van der Waals surface area contributed by atoms with Crippen molar-refractivity contribution in [1.82, 2.24) is 4.90 Å². The fourth-order valence-electron chi connectivity index (χ4n) is 5.11. The number of hydrogen-bond acceptors (Lipinski definition) is 7. The molecule has 7 heteroatoms. The lowest BCUT2D eigenvalue weighted by Crippen LogP contribution is -2.38. The van der Waals surface area contributed by atoms with E-state index in [2.05, 4.69) is 43.2 Å². The third-order valence-corrected chi connectivity index (χ3v) is 8.18. The van der Waals surface area contributed by atoms with Gasteiger partial charge in [-0.15, -0.1) is 0 Å². The van der Waals surface area contributed by atoms with Crippen molar-refractivity contribution >= 4 is 30.4 Å². The fourth-order valence-corrected chi connectivity index (χ4v) is 5.33. The number of allylic oxidation sites excluding steroid dienone is 3. The Kier molecular flexibility index (Phi) is 23.7. The van der Waals surface area contributed by atoms with Gasteiger partial charge in [-0.3, -0.25) is 15.1 Å². The average molecular weight is 606 g/mol. The second-order valence-electron chi connectivity index (χ2n) is 11.9. The zero-order valence-corrected chi connectivity index (χ0v) is 28.5. The molecule has 1 rings (SSSR count). The molecule has 42 heavy (non-hydrogen) atoms. The fraction of sp³-hybridized carbons (Fsp3) is 0.800. The molecule has 0 heterocycles. The van der Waals surface area contributed by atoms with E-state index in [4.69, 9.17) is 14.9 Å². The van der Waals surface area contributed by atoms with Crippen molar-refractivity contribution in [3.63, 3.8) is 0 Å². The molecule has 1 N–H and O–H groups in total. The van der Waals surface area contributed by atoms with Crippen LogP contribution in [-0.2, 0) is 14.3 Å². The van der Waals surface area contributed by atoms with Crippen molar-refractivity contribution in [2.24, 2.45) is 4.40 Å². The number of esters is 1. The summed E-state index contributed by atoms with van der Waals surface area (Å²) in [4.78, 5) is 14.7. The molecule has 242 valence electrons. The van der Waals surface area contributed by atoms with Crippen LogP contribution in [0.4, 0.5) is 0 Å². The van der Waals surface area contributed by atoms with Gasteiger partial charge in [0.2, 0.25) is 5.90 Å². The van der Waals surface area contributed by atoms with Crippen LogP contribution >= 0.6 is 12.8 Å². The van der Waals surface area contributed by atoms with Crippen LogP contribution in [0.25, 0.3) is 0 Å². The zero-order chi connectivity index (χ0) is 30.8. The van der Waals surface area contributed by atoms with Gasteiger partial charge in [0.1, 0.15) is 5.71 Å². The maximum absolute atomic E-state index is 12.7. The van der Waals surface area contributed by atoms with Crippen LogP contribution in [0, 0.1) is 5.41 Å². The third-order valence-electron chi connectivity index (χ3n) is 7.98. The van der Waals surface area contributed by atoms with E-state index in [-0.39, 0.29) is 18.1 Å². The first kappa shape index (κ1) is 38.4. The standard InChI is InChI=1S/C35H63N3O3S/c1-5-8-10-12-13-14-15-16-17-18-19-20-21-23-33(39)41-32(7-3)38(4)29-31(27-26-30-24-25-30)34(37-42)35(36)40-28-22-11-9-6-2/h24,27,32,36,42H,5-23,25-26,28-29H2,1-4H3/b31-27+,36-35?,37-34-. The molecule has 1 atom stereocenters. The predicted molar refractivity (Wildman–Crippen MR) is 183 cm³/mol. The van der Waals surface area contributed by atoms with Gasteiger partial charge < -0.3 is 9.47 Å². The summed E-state index contributed by atoms with van der Waals surface area (Å²) in [6.45, 7) is 7.49. The summed E-state index contributed by atoms with van der Waals surface area (Å²) in [5.41, 5.74) is 2.72. The molecule has 6 nitrogen and oxygen atoms in total. The number of ether oxygens (including phenoxy) is 2. The number of thiol groups is 1. The second-order valence-corrected chi connectivity index (χ2v) is 12.1. The molecule has 1 unspecified atom stereocenters. The molecule has 0 saturated heterocycles. The minimum absolute atomic E-state index is 0.0541. The molecule has 0 amide bonds. The topological polar surface area (TPSA) is 75.0 Å². The lowest BCUT2D eigenvalue weighted by Gasteiger charge is -2.28. The zero-order valence-electron chi connectivity index (χ0n) is 27.6. The summed E-state index contributed by atoms with van der Waals surface area (Å²) in [5.74, 6) is -0.0740. The highest BCUT2D eigenvalue weighted by atomic mass is 32.1. The van der Waals surface area contributed by atoms with Crippen molar-refractivity contribution < 1.29 is 14.3 Å². The van der Waals surface area contributed by atoms with E-state index in [0.717, 1.165) is 44.1 Å². The molecule has 0 saturated carbocycles. The Labute approximate surface area is 264 Å². The number of unbranched alkanes of at least 4 members (excludes halogenated alkanes) is 15. The quantitative estimate of drug-likeness (QED) is 0.0177. The number of nitrogens with one attached hydrogen (secondary N) is 1. The molecule has 0 fully saturated rings.